The van der Waals surface area contributed by atoms with Crippen LogP contribution >= 0.6 is 24.0 Å². The summed E-state index contributed by atoms with van der Waals surface area (Å²) in [4.78, 5) is 4.21. The molecule has 0 aliphatic rings. The third-order valence-corrected chi connectivity index (χ3v) is 3.76. The molecule has 0 bridgehead atoms. The molecule has 2 N–H and O–H groups in total. The zero-order chi connectivity index (χ0) is 17.4. The second-order valence-corrected chi connectivity index (χ2v) is 5.53. The van der Waals surface area contributed by atoms with Crippen LogP contribution in [-0.4, -0.2) is 26.7 Å². The minimum atomic E-state index is -0.209. The van der Waals surface area contributed by atoms with E-state index < -0.39 is 0 Å². The van der Waals surface area contributed by atoms with Gasteiger partial charge in [-0.1, -0.05) is 24.3 Å². The summed E-state index contributed by atoms with van der Waals surface area (Å²) in [5.74, 6) is 1.42. The first-order chi connectivity index (χ1) is 11.6. The van der Waals surface area contributed by atoms with Gasteiger partial charge in [0.15, 0.2) is 5.96 Å². The Labute approximate surface area is 165 Å². The first-order valence-corrected chi connectivity index (χ1v) is 7.95. The van der Waals surface area contributed by atoms with Gasteiger partial charge in [0.2, 0.25) is 0 Å². The molecule has 25 heavy (non-hydrogen) atoms. The molecule has 2 aromatic rings. The summed E-state index contributed by atoms with van der Waals surface area (Å²) in [5.41, 5.74) is 3.36. The summed E-state index contributed by atoms with van der Waals surface area (Å²) in [6, 6.07) is 12.7. The number of nitrogens with zero attached hydrogens (tertiary/aromatic N) is 1. The van der Waals surface area contributed by atoms with Crippen molar-refractivity contribution >= 4 is 29.9 Å². The molecule has 0 aromatic heterocycles. The van der Waals surface area contributed by atoms with E-state index in [4.69, 9.17) is 4.74 Å². The van der Waals surface area contributed by atoms with E-state index in [1.54, 1.807) is 26.3 Å². The molecular weight excluding hydrogens is 432 g/mol. The molecule has 0 saturated carbocycles. The van der Waals surface area contributed by atoms with Crippen molar-refractivity contribution in [3.63, 3.8) is 0 Å². The summed E-state index contributed by atoms with van der Waals surface area (Å²) >= 11 is 0. The lowest BCUT2D eigenvalue weighted by molar-refractivity contribution is 0.411. The van der Waals surface area contributed by atoms with Gasteiger partial charge in [0.05, 0.1) is 7.11 Å². The molecule has 0 saturated heterocycles. The van der Waals surface area contributed by atoms with Crippen molar-refractivity contribution < 1.29 is 9.13 Å². The van der Waals surface area contributed by atoms with E-state index in [0.717, 1.165) is 41.4 Å². The number of rotatable bonds is 6. The molecule has 0 heterocycles. The Morgan fingerprint density at radius 2 is 1.76 bits per heavy atom. The highest BCUT2D eigenvalue weighted by Crippen LogP contribution is 2.18. The lowest BCUT2D eigenvalue weighted by Gasteiger charge is -2.13. The van der Waals surface area contributed by atoms with Gasteiger partial charge < -0.3 is 15.4 Å². The van der Waals surface area contributed by atoms with Crippen molar-refractivity contribution in [1.29, 1.82) is 0 Å². The third kappa shape index (κ3) is 6.89. The normalized spacial score (nSPS) is 10.8. The molecule has 0 fully saturated rings. The van der Waals surface area contributed by atoms with Crippen LogP contribution in [0.3, 0.4) is 0 Å². The Balaban J connectivity index is 0.00000312. The minimum absolute atomic E-state index is 0. The van der Waals surface area contributed by atoms with Gasteiger partial charge in [-0.05, 0) is 48.2 Å². The first kappa shape index (κ1) is 21.2. The lowest BCUT2D eigenvalue weighted by atomic mass is 10.1. The molecule has 0 amide bonds. The van der Waals surface area contributed by atoms with Gasteiger partial charge in [0.25, 0.3) is 0 Å². The molecule has 136 valence electrons. The SMILES string of the molecule is CN=C(NCCc1ccc(F)cc1)NCc1ccc(OC)c(C)c1.I. The van der Waals surface area contributed by atoms with E-state index in [2.05, 4.69) is 21.7 Å². The minimum Gasteiger partial charge on any atom is -0.496 e. The molecule has 0 atom stereocenters. The fourth-order valence-electron chi connectivity index (χ4n) is 2.43. The molecule has 2 aromatic carbocycles. The number of ether oxygens (including phenoxy) is 1. The number of aryl methyl sites for hydroxylation is 1. The number of benzene rings is 2. The Hall–Kier alpha value is -1.83. The summed E-state index contributed by atoms with van der Waals surface area (Å²) in [6.07, 6.45) is 0.808. The smallest absolute Gasteiger partial charge is 0.191 e. The third-order valence-electron chi connectivity index (χ3n) is 3.76. The van der Waals surface area contributed by atoms with Crippen LogP contribution in [0.5, 0.6) is 5.75 Å². The van der Waals surface area contributed by atoms with Gasteiger partial charge >= 0.3 is 0 Å². The van der Waals surface area contributed by atoms with E-state index in [0.29, 0.717) is 6.54 Å². The van der Waals surface area contributed by atoms with Crippen LogP contribution in [-0.2, 0) is 13.0 Å². The quantitative estimate of drug-likeness (QED) is 0.396. The Bertz CT molecular complexity index is 690. The van der Waals surface area contributed by atoms with Crippen molar-refractivity contribution in [2.75, 3.05) is 20.7 Å². The number of hydrogen-bond donors (Lipinski definition) is 2. The Kier molecular flexibility index (Phi) is 9.26. The molecule has 0 aliphatic carbocycles. The van der Waals surface area contributed by atoms with Gasteiger partial charge in [0.1, 0.15) is 11.6 Å². The molecule has 0 aliphatic heterocycles. The van der Waals surface area contributed by atoms with E-state index in [1.807, 2.05) is 19.1 Å². The number of aliphatic imine (C=N–C) groups is 1. The number of hydrogen-bond acceptors (Lipinski definition) is 2. The van der Waals surface area contributed by atoms with Crippen molar-refractivity contribution in [2.24, 2.45) is 4.99 Å². The highest BCUT2D eigenvalue weighted by Gasteiger charge is 2.02. The van der Waals surface area contributed by atoms with Crippen LogP contribution < -0.4 is 15.4 Å². The van der Waals surface area contributed by atoms with Crippen LogP contribution in [0.2, 0.25) is 0 Å². The maximum atomic E-state index is 12.9. The molecule has 0 radical (unpaired) electrons. The molecule has 2 rings (SSSR count). The van der Waals surface area contributed by atoms with E-state index in [-0.39, 0.29) is 29.8 Å². The second-order valence-electron chi connectivity index (χ2n) is 5.53. The average molecular weight is 457 g/mol. The van der Waals surface area contributed by atoms with Crippen molar-refractivity contribution in [2.45, 2.75) is 19.9 Å². The maximum absolute atomic E-state index is 12.9. The Morgan fingerprint density at radius 1 is 1.08 bits per heavy atom. The molecule has 0 unspecified atom stereocenters. The van der Waals surface area contributed by atoms with Gasteiger partial charge in [0, 0.05) is 20.1 Å². The summed E-state index contributed by atoms with van der Waals surface area (Å²) < 4.78 is 18.1. The van der Waals surface area contributed by atoms with Crippen molar-refractivity contribution in [3.8, 4) is 5.75 Å². The van der Waals surface area contributed by atoms with Crippen LogP contribution in [0.15, 0.2) is 47.5 Å². The van der Waals surface area contributed by atoms with Crippen LogP contribution in [0.1, 0.15) is 16.7 Å². The van der Waals surface area contributed by atoms with Crippen molar-refractivity contribution in [1.82, 2.24) is 10.6 Å². The predicted molar refractivity (Wildman–Crippen MR) is 111 cm³/mol. The van der Waals surface area contributed by atoms with Gasteiger partial charge in [-0.15, -0.1) is 24.0 Å². The summed E-state index contributed by atoms with van der Waals surface area (Å²) in [6.45, 7) is 3.44. The second kappa shape index (κ2) is 10.9. The first-order valence-electron chi connectivity index (χ1n) is 7.95. The zero-order valence-corrected chi connectivity index (χ0v) is 17.1. The fraction of sp³-hybridized carbons (Fsp3) is 0.316. The average Bonchev–Trinajstić information content (AvgIpc) is 2.59. The van der Waals surface area contributed by atoms with Gasteiger partial charge in [-0.25, -0.2) is 4.39 Å². The molecular formula is C19H25FIN3O. The Morgan fingerprint density at radius 3 is 2.36 bits per heavy atom. The maximum Gasteiger partial charge on any atom is 0.191 e. The topological polar surface area (TPSA) is 45.7 Å². The highest BCUT2D eigenvalue weighted by molar-refractivity contribution is 14.0. The fourth-order valence-corrected chi connectivity index (χ4v) is 2.43. The number of nitrogens with one attached hydrogen (secondary N) is 2. The van der Waals surface area contributed by atoms with Gasteiger partial charge in [-0.2, -0.15) is 0 Å². The molecule has 4 nitrogen and oxygen atoms in total. The standard InChI is InChI=1S/C19H24FN3O.HI/c1-14-12-16(6-9-18(14)24-3)13-23-19(21-2)22-11-10-15-4-7-17(20)8-5-15;/h4-9,12H,10-11,13H2,1-3H3,(H2,21,22,23);1H. The van der Waals surface area contributed by atoms with E-state index in [1.165, 1.54) is 12.1 Å². The zero-order valence-electron chi connectivity index (χ0n) is 14.8. The van der Waals surface area contributed by atoms with E-state index >= 15 is 0 Å². The molecule has 0 spiro atoms. The predicted octanol–water partition coefficient (Wildman–Crippen LogP) is 3.67. The summed E-state index contributed by atoms with van der Waals surface area (Å²) in [7, 11) is 3.42. The number of halogens is 2. The van der Waals surface area contributed by atoms with Crippen molar-refractivity contribution in [3.05, 3.63) is 65.0 Å². The lowest BCUT2D eigenvalue weighted by Crippen LogP contribution is -2.37. The molecule has 6 heteroatoms. The highest BCUT2D eigenvalue weighted by atomic mass is 127. The number of guanidine groups is 1. The van der Waals surface area contributed by atoms with Crippen LogP contribution in [0, 0.1) is 12.7 Å². The number of methoxy groups -OCH3 is 1. The largest absolute Gasteiger partial charge is 0.496 e. The van der Waals surface area contributed by atoms with Crippen LogP contribution in [0.25, 0.3) is 0 Å². The van der Waals surface area contributed by atoms with E-state index in [9.17, 15) is 4.39 Å². The van der Waals surface area contributed by atoms with Gasteiger partial charge in [-0.3, -0.25) is 4.99 Å². The van der Waals surface area contributed by atoms with Crippen LogP contribution in [0.4, 0.5) is 4.39 Å². The monoisotopic (exact) mass is 457 g/mol. The summed E-state index contributed by atoms with van der Waals surface area (Å²) in [5, 5.41) is 6.54.